The Kier molecular flexibility index (Phi) is 7.18. The number of nitrogens with one attached hydrogen (secondary N) is 1. The zero-order valence-corrected chi connectivity index (χ0v) is 13.7. The summed E-state index contributed by atoms with van der Waals surface area (Å²) in [5.74, 6) is -1.85. The molecule has 0 aliphatic carbocycles. The van der Waals surface area contributed by atoms with Gasteiger partial charge in [0.05, 0.1) is 5.92 Å². The molecular weight excluding hydrogens is 313 g/mol. The van der Waals surface area contributed by atoms with Crippen molar-refractivity contribution in [2.75, 3.05) is 19.8 Å². The van der Waals surface area contributed by atoms with Gasteiger partial charge in [-0.3, -0.25) is 9.59 Å². The lowest BCUT2D eigenvalue weighted by Crippen LogP contribution is -2.31. The van der Waals surface area contributed by atoms with Crippen LogP contribution in [0.3, 0.4) is 0 Å². The highest BCUT2D eigenvalue weighted by molar-refractivity contribution is 5.79. The van der Waals surface area contributed by atoms with E-state index in [-0.39, 0.29) is 12.5 Å². The van der Waals surface area contributed by atoms with Crippen LogP contribution in [0.4, 0.5) is 4.39 Å². The molecule has 2 rings (SSSR count). The number of ether oxygens (including phenoxy) is 1. The van der Waals surface area contributed by atoms with Crippen LogP contribution in [0.5, 0.6) is 0 Å². The summed E-state index contributed by atoms with van der Waals surface area (Å²) in [4.78, 5) is 23.3. The van der Waals surface area contributed by atoms with Crippen molar-refractivity contribution >= 4 is 11.9 Å². The maximum absolute atomic E-state index is 12.9. The first-order chi connectivity index (χ1) is 11.6. The topological polar surface area (TPSA) is 75.6 Å². The molecule has 5 nitrogen and oxygen atoms in total. The quantitative estimate of drug-likeness (QED) is 0.765. The number of benzene rings is 1. The third-order valence-electron chi connectivity index (χ3n) is 4.43. The van der Waals surface area contributed by atoms with Crippen molar-refractivity contribution in [2.24, 2.45) is 5.92 Å². The highest BCUT2D eigenvalue weighted by atomic mass is 19.1. The smallest absolute Gasteiger partial charge is 0.312 e. The summed E-state index contributed by atoms with van der Waals surface area (Å²) >= 11 is 0. The molecule has 1 aromatic rings. The summed E-state index contributed by atoms with van der Waals surface area (Å²) in [6, 6.07) is 5.32. The molecule has 0 spiro atoms. The van der Waals surface area contributed by atoms with Gasteiger partial charge in [-0.25, -0.2) is 4.39 Å². The summed E-state index contributed by atoms with van der Waals surface area (Å²) in [7, 11) is 0. The van der Waals surface area contributed by atoms with E-state index < -0.39 is 17.7 Å². The van der Waals surface area contributed by atoms with Gasteiger partial charge in [-0.05, 0) is 49.3 Å². The lowest BCUT2D eigenvalue weighted by atomic mass is 9.94. The molecule has 1 aliphatic heterocycles. The molecule has 1 amide bonds. The van der Waals surface area contributed by atoms with Gasteiger partial charge >= 0.3 is 5.97 Å². The first-order valence-electron chi connectivity index (χ1n) is 8.39. The molecule has 0 aromatic heterocycles. The van der Waals surface area contributed by atoms with E-state index in [2.05, 4.69) is 5.32 Å². The number of amides is 1. The van der Waals surface area contributed by atoms with Gasteiger partial charge in [-0.1, -0.05) is 12.1 Å². The third-order valence-corrected chi connectivity index (χ3v) is 4.43. The minimum absolute atomic E-state index is 0.0110. The van der Waals surface area contributed by atoms with E-state index in [4.69, 9.17) is 4.74 Å². The van der Waals surface area contributed by atoms with E-state index in [0.717, 1.165) is 38.9 Å². The summed E-state index contributed by atoms with van der Waals surface area (Å²) in [6.07, 6.45) is 4.29. The Morgan fingerprint density at radius 1 is 1.25 bits per heavy atom. The van der Waals surface area contributed by atoms with E-state index >= 15 is 0 Å². The van der Waals surface area contributed by atoms with Gasteiger partial charge in [0.2, 0.25) is 5.91 Å². The minimum Gasteiger partial charge on any atom is -0.481 e. The number of rotatable bonds is 8. The lowest BCUT2D eigenvalue weighted by Gasteiger charge is -2.21. The predicted octanol–water partition coefficient (Wildman–Crippen LogP) is 2.71. The van der Waals surface area contributed by atoms with Crippen LogP contribution in [0.25, 0.3) is 0 Å². The molecule has 6 heteroatoms. The Morgan fingerprint density at radius 2 is 1.92 bits per heavy atom. The van der Waals surface area contributed by atoms with Crippen molar-refractivity contribution in [3.05, 3.63) is 35.6 Å². The summed E-state index contributed by atoms with van der Waals surface area (Å²) < 4.78 is 18.2. The number of carboxylic acids is 1. The lowest BCUT2D eigenvalue weighted by molar-refractivity contribution is -0.138. The van der Waals surface area contributed by atoms with Gasteiger partial charge in [0.1, 0.15) is 5.82 Å². The number of halogens is 1. The monoisotopic (exact) mass is 337 g/mol. The van der Waals surface area contributed by atoms with Crippen LogP contribution in [-0.4, -0.2) is 36.7 Å². The van der Waals surface area contributed by atoms with Crippen LogP contribution in [0.15, 0.2) is 24.3 Å². The minimum atomic E-state index is -1.04. The molecule has 1 heterocycles. The van der Waals surface area contributed by atoms with E-state index in [9.17, 15) is 19.1 Å². The van der Waals surface area contributed by atoms with Crippen LogP contribution in [0, 0.1) is 11.7 Å². The molecule has 132 valence electrons. The molecule has 0 bridgehead atoms. The van der Waals surface area contributed by atoms with Gasteiger partial charge in [-0.2, -0.15) is 0 Å². The Morgan fingerprint density at radius 3 is 2.54 bits per heavy atom. The number of carboxylic acid groups (broad SMARTS) is 1. The normalized spacial score (nSPS) is 16.5. The molecule has 1 unspecified atom stereocenters. The molecule has 1 atom stereocenters. The Hall–Kier alpha value is -1.95. The number of carbonyl (C=O) groups is 2. The molecule has 24 heavy (non-hydrogen) atoms. The Balaban J connectivity index is 1.73. The number of hydrogen-bond acceptors (Lipinski definition) is 3. The largest absolute Gasteiger partial charge is 0.481 e. The second-order valence-electron chi connectivity index (χ2n) is 6.19. The highest BCUT2D eigenvalue weighted by Gasteiger charge is 2.21. The van der Waals surface area contributed by atoms with Crippen LogP contribution in [0.1, 0.15) is 43.6 Å². The molecule has 1 saturated heterocycles. The van der Waals surface area contributed by atoms with Crippen molar-refractivity contribution in [1.82, 2.24) is 5.32 Å². The van der Waals surface area contributed by atoms with Crippen molar-refractivity contribution in [2.45, 2.75) is 38.0 Å². The number of carbonyl (C=O) groups excluding carboxylic acids is 1. The van der Waals surface area contributed by atoms with Gasteiger partial charge in [0.15, 0.2) is 0 Å². The molecular formula is C18H24FNO4. The van der Waals surface area contributed by atoms with Crippen LogP contribution >= 0.6 is 0 Å². The number of aliphatic carboxylic acids is 1. The van der Waals surface area contributed by atoms with Gasteiger partial charge in [0, 0.05) is 26.2 Å². The zero-order valence-electron chi connectivity index (χ0n) is 13.7. The summed E-state index contributed by atoms with van der Waals surface area (Å²) in [5.41, 5.74) is 0.478. The first kappa shape index (κ1) is 18.4. The van der Waals surface area contributed by atoms with E-state index in [0.29, 0.717) is 17.9 Å². The fourth-order valence-electron chi connectivity index (χ4n) is 2.93. The van der Waals surface area contributed by atoms with E-state index in [1.807, 2.05) is 0 Å². The van der Waals surface area contributed by atoms with Crippen molar-refractivity contribution < 1.29 is 23.8 Å². The van der Waals surface area contributed by atoms with Gasteiger partial charge in [0.25, 0.3) is 0 Å². The van der Waals surface area contributed by atoms with E-state index in [1.54, 1.807) is 0 Å². The SMILES string of the molecule is O=C(CCCC1CCOCC1)NCC(C(=O)O)c1ccc(F)cc1. The molecule has 1 fully saturated rings. The van der Waals surface area contributed by atoms with Crippen molar-refractivity contribution in [1.29, 1.82) is 0 Å². The van der Waals surface area contributed by atoms with E-state index in [1.165, 1.54) is 24.3 Å². The summed E-state index contributed by atoms with van der Waals surface area (Å²) in [5, 5.41) is 12.0. The first-order valence-corrected chi connectivity index (χ1v) is 8.39. The zero-order chi connectivity index (χ0) is 17.4. The van der Waals surface area contributed by atoms with Crippen LogP contribution in [0.2, 0.25) is 0 Å². The number of hydrogen-bond donors (Lipinski definition) is 2. The second-order valence-corrected chi connectivity index (χ2v) is 6.19. The Labute approximate surface area is 141 Å². The highest BCUT2D eigenvalue weighted by Crippen LogP contribution is 2.21. The van der Waals surface area contributed by atoms with Gasteiger partial charge in [-0.15, -0.1) is 0 Å². The maximum atomic E-state index is 12.9. The third kappa shape index (κ3) is 5.92. The van der Waals surface area contributed by atoms with Gasteiger partial charge < -0.3 is 15.2 Å². The van der Waals surface area contributed by atoms with Crippen molar-refractivity contribution in [3.8, 4) is 0 Å². The van der Waals surface area contributed by atoms with Crippen LogP contribution in [-0.2, 0) is 14.3 Å². The fourth-order valence-corrected chi connectivity index (χ4v) is 2.93. The van der Waals surface area contributed by atoms with Crippen molar-refractivity contribution in [3.63, 3.8) is 0 Å². The average Bonchev–Trinajstić information content (AvgIpc) is 2.57. The Bertz CT molecular complexity index is 540. The predicted molar refractivity (Wildman–Crippen MR) is 87.2 cm³/mol. The maximum Gasteiger partial charge on any atom is 0.312 e. The molecule has 0 radical (unpaired) electrons. The molecule has 2 N–H and O–H groups in total. The average molecular weight is 337 g/mol. The van der Waals surface area contributed by atoms with Crippen LogP contribution < -0.4 is 5.32 Å². The second kappa shape index (κ2) is 9.37. The standard InChI is InChI=1S/C18H24FNO4/c19-15-6-4-14(5-7-15)16(18(22)23)12-20-17(21)3-1-2-13-8-10-24-11-9-13/h4-7,13,16H,1-3,8-12H2,(H,20,21)(H,22,23). The molecule has 0 saturated carbocycles. The molecule has 1 aromatic carbocycles. The summed E-state index contributed by atoms with van der Waals surface area (Å²) in [6.45, 7) is 1.61. The fraction of sp³-hybridized carbons (Fsp3) is 0.556. The molecule has 1 aliphatic rings.